The van der Waals surface area contributed by atoms with E-state index in [4.69, 9.17) is 4.74 Å². The molecule has 0 saturated carbocycles. The molecule has 0 heterocycles. The molecule has 1 rings (SSSR count). The molecule has 1 aromatic rings. The summed E-state index contributed by atoms with van der Waals surface area (Å²) in [6.07, 6.45) is 8.57. The van der Waals surface area contributed by atoms with Crippen LogP contribution in [0.1, 0.15) is 70.1 Å². The van der Waals surface area contributed by atoms with Gasteiger partial charge in [0, 0.05) is 6.61 Å². The first-order valence-electron chi connectivity index (χ1n) is 8.92. The molecule has 0 spiro atoms. The minimum absolute atomic E-state index is 0.297. The Labute approximate surface area is 137 Å². The third-order valence-corrected chi connectivity index (χ3v) is 5.06. The van der Waals surface area contributed by atoms with Crippen LogP contribution in [0.2, 0.25) is 0 Å². The molecule has 124 valence electrons. The van der Waals surface area contributed by atoms with E-state index >= 15 is 0 Å². The number of allylic oxidation sites excluding steroid dienone is 1. The lowest BCUT2D eigenvalue weighted by atomic mass is 9.76. The normalized spacial score (nSPS) is 11.6. The summed E-state index contributed by atoms with van der Waals surface area (Å²) in [7, 11) is 0. The van der Waals surface area contributed by atoms with E-state index in [1.807, 2.05) is 6.08 Å². The average Bonchev–Trinajstić information content (AvgIpc) is 2.57. The lowest BCUT2D eigenvalue weighted by molar-refractivity contribution is 0.135. The summed E-state index contributed by atoms with van der Waals surface area (Å²) in [6.45, 7) is 14.6. The van der Waals surface area contributed by atoms with Crippen molar-refractivity contribution in [1.29, 1.82) is 0 Å². The maximum atomic E-state index is 5.77. The minimum Gasteiger partial charge on any atom is -0.381 e. The van der Waals surface area contributed by atoms with Crippen molar-refractivity contribution in [3.05, 3.63) is 47.5 Å². The zero-order valence-corrected chi connectivity index (χ0v) is 15.1. The Morgan fingerprint density at radius 1 is 1.09 bits per heavy atom. The van der Waals surface area contributed by atoms with E-state index in [2.05, 4.69) is 52.5 Å². The van der Waals surface area contributed by atoms with Crippen LogP contribution in [0, 0.1) is 0 Å². The predicted octanol–water partition coefficient (Wildman–Crippen LogP) is 5.85. The van der Waals surface area contributed by atoms with Crippen molar-refractivity contribution >= 4 is 0 Å². The van der Waals surface area contributed by atoms with Gasteiger partial charge in [-0.3, -0.25) is 0 Å². The van der Waals surface area contributed by atoms with Gasteiger partial charge in [0.1, 0.15) is 0 Å². The average molecular weight is 303 g/mol. The van der Waals surface area contributed by atoms with Crippen LogP contribution in [0.4, 0.5) is 0 Å². The Morgan fingerprint density at radius 2 is 1.82 bits per heavy atom. The summed E-state index contributed by atoms with van der Waals surface area (Å²) in [5, 5.41) is 0. The van der Waals surface area contributed by atoms with Crippen molar-refractivity contribution < 1.29 is 4.74 Å². The van der Waals surface area contributed by atoms with Crippen LogP contribution in [0.25, 0.3) is 0 Å². The zero-order chi connectivity index (χ0) is 16.4. The molecule has 22 heavy (non-hydrogen) atoms. The Hall–Kier alpha value is -1.08. The lowest BCUT2D eigenvalue weighted by Crippen LogP contribution is -2.20. The molecule has 0 aliphatic rings. The van der Waals surface area contributed by atoms with Gasteiger partial charge in [0.25, 0.3) is 0 Å². The van der Waals surface area contributed by atoms with Crippen LogP contribution in [-0.4, -0.2) is 13.2 Å². The Kier molecular flexibility index (Phi) is 8.48. The van der Waals surface area contributed by atoms with Crippen molar-refractivity contribution in [3.8, 4) is 0 Å². The van der Waals surface area contributed by atoms with Crippen molar-refractivity contribution in [2.24, 2.45) is 0 Å². The van der Waals surface area contributed by atoms with Crippen LogP contribution in [0.3, 0.4) is 0 Å². The van der Waals surface area contributed by atoms with Gasteiger partial charge in [-0.2, -0.15) is 0 Å². The van der Waals surface area contributed by atoms with E-state index in [1.54, 1.807) is 0 Å². The molecule has 0 atom stereocenters. The van der Waals surface area contributed by atoms with Gasteiger partial charge in [0.05, 0.1) is 6.61 Å². The molecular weight excluding hydrogens is 268 g/mol. The third-order valence-electron chi connectivity index (χ3n) is 5.06. The summed E-state index contributed by atoms with van der Waals surface area (Å²) in [5.74, 6) is 0. The van der Waals surface area contributed by atoms with E-state index in [0.717, 1.165) is 38.9 Å². The number of aryl methyl sites for hydroxylation is 1. The molecule has 0 unspecified atom stereocenters. The van der Waals surface area contributed by atoms with Gasteiger partial charge in [-0.05, 0) is 60.6 Å². The van der Waals surface area contributed by atoms with Crippen molar-refractivity contribution in [2.45, 2.75) is 71.6 Å². The molecule has 0 saturated heterocycles. The summed E-state index contributed by atoms with van der Waals surface area (Å²) < 4.78 is 5.77. The van der Waals surface area contributed by atoms with Crippen molar-refractivity contribution in [1.82, 2.24) is 0 Å². The van der Waals surface area contributed by atoms with E-state index in [0.29, 0.717) is 5.41 Å². The number of ether oxygens (including phenoxy) is 1. The molecule has 1 aromatic carbocycles. The summed E-state index contributed by atoms with van der Waals surface area (Å²) >= 11 is 0. The molecule has 0 amide bonds. The van der Waals surface area contributed by atoms with Gasteiger partial charge in [-0.25, -0.2) is 0 Å². The summed E-state index contributed by atoms with van der Waals surface area (Å²) in [5.41, 5.74) is 4.72. The highest BCUT2D eigenvalue weighted by atomic mass is 16.5. The van der Waals surface area contributed by atoms with Crippen LogP contribution in [0.15, 0.2) is 30.9 Å². The first kappa shape index (κ1) is 19.0. The molecule has 0 aromatic heterocycles. The molecule has 0 N–H and O–H groups in total. The van der Waals surface area contributed by atoms with Gasteiger partial charge in [-0.15, -0.1) is 6.58 Å². The molecule has 0 fully saturated rings. The van der Waals surface area contributed by atoms with Gasteiger partial charge in [0.2, 0.25) is 0 Å². The molecular formula is C21H34O. The topological polar surface area (TPSA) is 9.23 Å². The highest BCUT2D eigenvalue weighted by Gasteiger charge is 2.22. The third kappa shape index (κ3) is 5.28. The van der Waals surface area contributed by atoms with E-state index in [-0.39, 0.29) is 0 Å². The van der Waals surface area contributed by atoms with Crippen molar-refractivity contribution in [2.75, 3.05) is 13.2 Å². The quantitative estimate of drug-likeness (QED) is 0.368. The maximum Gasteiger partial charge on any atom is 0.0506 e. The maximum absolute atomic E-state index is 5.77. The van der Waals surface area contributed by atoms with Crippen LogP contribution in [-0.2, 0) is 23.0 Å². The second-order valence-corrected chi connectivity index (χ2v) is 6.40. The molecule has 1 heteroatoms. The van der Waals surface area contributed by atoms with Crippen LogP contribution >= 0.6 is 0 Å². The van der Waals surface area contributed by atoms with E-state index < -0.39 is 0 Å². The lowest BCUT2D eigenvalue weighted by Gasteiger charge is -2.28. The minimum atomic E-state index is 0.297. The second kappa shape index (κ2) is 9.84. The number of benzene rings is 1. The number of hydrogen-bond acceptors (Lipinski definition) is 1. The largest absolute Gasteiger partial charge is 0.381 e. The molecule has 0 aliphatic heterocycles. The highest BCUT2D eigenvalue weighted by molar-refractivity contribution is 5.36. The molecule has 1 nitrogen and oxygen atoms in total. The zero-order valence-electron chi connectivity index (χ0n) is 15.1. The first-order valence-corrected chi connectivity index (χ1v) is 8.92. The number of unbranched alkanes of at least 4 members (excludes halogenated alkanes) is 1. The Balaban J connectivity index is 2.73. The summed E-state index contributed by atoms with van der Waals surface area (Å²) in [4.78, 5) is 0. The number of rotatable bonds is 11. The van der Waals surface area contributed by atoms with Crippen LogP contribution in [0.5, 0.6) is 0 Å². The monoisotopic (exact) mass is 302 g/mol. The SMILES string of the molecule is C=CCCCOCCc1cc(C(C)(CC)CC)ccc1CC. The summed E-state index contributed by atoms with van der Waals surface area (Å²) in [6, 6.07) is 7.09. The fraction of sp³-hybridized carbons (Fsp3) is 0.619. The van der Waals surface area contributed by atoms with Gasteiger partial charge < -0.3 is 4.74 Å². The molecule has 0 aliphatic carbocycles. The van der Waals surface area contributed by atoms with Gasteiger partial charge >= 0.3 is 0 Å². The Bertz CT molecular complexity index is 443. The Morgan fingerprint density at radius 3 is 2.41 bits per heavy atom. The standard InChI is InChI=1S/C21H34O/c1-6-10-11-15-22-16-14-19-17-20(13-12-18(19)7-2)21(5,8-3)9-4/h6,12-13,17H,1,7-11,14-16H2,2-5H3. The van der Waals surface area contributed by atoms with E-state index in [9.17, 15) is 0 Å². The molecule has 0 bridgehead atoms. The first-order chi connectivity index (χ1) is 10.6. The fourth-order valence-corrected chi connectivity index (χ4v) is 2.85. The van der Waals surface area contributed by atoms with Crippen LogP contribution < -0.4 is 0 Å². The second-order valence-electron chi connectivity index (χ2n) is 6.40. The van der Waals surface area contributed by atoms with Gasteiger partial charge in [-0.1, -0.05) is 52.0 Å². The number of hydrogen-bond donors (Lipinski definition) is 0. The smallest absolute Gasteiger partial charge is 0.0506 e. The predicted molar refractivity (Wildman–Crippen MR) is 97.7 cm³/mol. The highest BCUT2D eigenvalue weighted by Crippen LogP contribution is 2.32. The van der Waals surface area contributed by atoms with Gasteiger partial charge in [0.15, 0.2) is 0 Å². The van der Waals surface area contributed by atoms with Crippen molar-refractivity contribution in [3.63, 3.8) is 0 Å². The van der Waals surface area contributed by atoms with E-state index in [1.165, 1.54) is 29.5 Å². The fourth-order valence-electron chi connectivity index (χ4n) is 2.85. The molecule has 0 radical (unpaired) electrons.